The van der Waals surface area contributed by atoms with Crippen LogP contribution < -0.4 is 20.7 Å². The normalized spacial score (nSPS) is 18.9. The Balaban J connectivity index is 1.54. The molecule has 0 bridgehead atoms. The first-order valence-corrected chi connectivity index (χ1v) is 13.1. The van der Waals surface area contributed by atoms with Gasteiger partial charge in [-0.3, -0.25) is 19.2 Å². The summed E-state index contributed by atoms with van der Waals surface area (Å²) in [4.78, 5) is 50.3. The van der Waals surface area contributed by atoms with E-state index in [1.807, 2.05) is 38.1 Å². The van der Waals surface area contributed by atoms with Crippen molar-refractivity contribution in [1.82, 2.24) is 16.0 Å². The van der Waals surface area contributed by atoms with Crippen LogP contribution in [0.25, 0.3) is 0 Å². The molecular formula is C29H39N3O5. The van der Waals surface area contributed by atoms with Gasteiger partial charge in [0.15, 0.2) is 11.6 Å². The van der Waals surface area contributed by atoms with Crippen molar-refractivity contribution in [3.8, 4) is 5.75 Å². The molecule has 8 nitrogen and oxygen atoms in total. The highest BCUT2D eigenvalue weighted by Crippen LogP contribution is 2.27. The van der Waals surface area contributed by atoms with E-state index in [1.54, 1.807) is 20.8 Å². The summed E-state index contributed by atoms with van der Waals surface area (Å²) in [6.45, 7) is 10.1. The van der Waals surface area contributed by atoms with Crippen molar-refractivity contribution in [2.45, 2.75) is 84.8 Å². The molecule has 3 N–H and O–H groups in total. The second kappa shape index (κ2) is 12.8. The summed E-state index contributed by atoms with van der Waals surface area (Å²) in [6, 6.07) is 6.49. The van der Waals surface area contributed by atoms with Gasteiger partial charge in [-0.05, 0) is 84.5 Å². The van der Waals surface area contributed by atoms with Crippen LogP contribution in [0.15, 0.2) is 46.6 Å². The number of amides is 2. The number of hydrogen-bond donors (Lipinski definition) is 3. The van der Waals surface area contributed by atoms with Crippen molar-refractivity contribution < 1.29 is 23.9 Å². The van der Waals surface area contributed by atoms with Crippen molar-refractivity contribution in [3.63, 3.8) is 0 Å². The number of carbonyl (C=O) groups excluding carboxylic acids is 4. The van der Waals surface area contributed by atoms with Gasteiger partial charge in [-0.1, -0.05) is 12.1 Å². The van der Waals surface area contributed by atoms with Crippen molar-refractivity contribution in [2.75, 3.05) is 13.2 Å². The molecular weight excluding hydrogens is 470 g/mol. The zero-order chi connectivity index (χ0) is 27.1. The van der Waals surface area contributed by atoms with Gasteiger partial charge in [-0.15, -0.1) is 0 Å². The van der Waals surface area contributed by atoms with E-state index in [4.69, 9.17) is 4.74 Å². The molecule has 1 aliphatic heterocycles. The van der Waals surface area contributed by atoms with Crippen molar-refractivity contribution in [1.29, 1.82) is 0 Å². The predicted molar refractivity (Wildman–Crippen MR) is 142 cm³/mol. The zero-order valence-electron chi connectivity index (χ0n) is 22.5. The van der Waals surface area contributed by atoms with E-state index in [0.29, 0.717) is 53.9 Å². The van der Waals surface area contributed by atoms with Crippen molar-refractivity contribution in [3.05, 3.63) is 52.1 Å². The predicted octanol–water partition coefficient (Wildman–Crippen LogP) is 2.95. The smallest absolute Gasteiger partial charge is 0.243 e. The minimum atomic E-state index is -0.669. The Morgan fingerprint density at radius 1 is 1.00 bits per heavy atom. The summed E-state index contributed by atoms with van der Waals surface area (Å²) in [6.07, 6.45) is 3.19. The standard InChI is InChI=1S/C29H39N3O5/c1-17(2)31-29(36)25(32-28(35)24-9-6-14-30-24)16-21-10-12-22(13-11-21)37-15-7-8-23-20(5)26(33)18(3)19(4)27(23)34/h10-13,17,24-25,30H,6-9,14-16H2,1-5H3,(H,31,36)(H,32,35). The Morgan fingerprint density at radius 3 is 2.30 bits per heavy atom. The topological polar surface area (TPSA) is 114 Å². The molecule has 1 aliphatic carbocycles. The van der Waals surface area contributed by atoms with E-state index in [0.717, 1.165) is 24.9 Å². The summed E-state index contributed by atoms with van der Waals surface area (Å²) in [5, 5.41) is 8.98. The number of benzene rings is 1. The number of allylic oxidation sites excluding steroid dienone is 4. The lowest BCUT2D eigenvalue weighted by Gasteiger charge is -2.22. The molecule has 8 heteroatoms. The SMILES string of the molecule is CC1=C(C)C(=O)C(CCCOc2ccc(CC(NC(=O)C3CCCN3)C(=O)NC(C)C)cc2)=C(C)C1=O. The van der Waals surface area contributed by atoms with E-state index < -0.39 is 6.04 Å². The highest BCUT2D eigenvalue weighted by Gasteiger charge is 2.28. The molecule has 0 saturated carbocycles. The van der Waals surface area contributed by atoms with Crippen molar-refractivity contribution >= 4 is 23.4 Å². The lowest BCUT2D eigenvalue weighted by atomic mass is 9.84. The molecule has 1 aromatic carbocycles. The zero-order valence-corrected chi connectivity index (χ0v) is 22.5. The first-order chi connectivity index (χ1) is 17.6. The van der Waals surface area contributed by atoms with Crippen LogP contribution in [0, 0.1) is 0 Å². The number of carbonyl (C=O) groups is 4. The number of hydrogen-bond acceptors (Lipinski definition) is 6. The van der Waals surface area contributed by atoms with Gasteiger partial charge in [0, 0.05) is 34.8 Å². The van der Waals surface area contributed by atoms with Gasteiger partial charge in [0.2, 0.25) is 11.8 Å². The molecule has 2 atom stereocenters. The minimum absolute atomic E-state index is 0.0298. The van der Waals surface area contributed by atoms with E-state index in [1.165, 1.54) is 0 Å². The van der Waals surface area contributed by atoms with Crippen molar-refractivity contribution in [2.24, 2.45) is 0 Å². The summed E-state index contributed by atoms with van der Waals surface area (Å²) in [5.41, 5.74) is 3.07. The lowest BCUT2D eigenvalue weighted by Crippen LogP contribution is -2.53. The summed E-state index contributed by atoms with van der Waals surface area (Å²) in [7, 11) is 0. The highest BCUT2D eigenvalue weighted by atomic mass is 16.5. The Hall–Kier alpha value is -3.26. The van der Waals surface area contributed by atoms with Gasteiger partial charge >= 0.3 is 0 Å². The van der Waals surface area contributed by atoms with Crippen LogP contribution in [-0.2, 0) is 25.6 Å². The molecule has 200 valence electrons. The molecule has 1 fully saturated rings. The molecule has 1 heterocycles. The van der Waals surface area contributed by atoms with Gasteiger partial charge in [0.25, 0.3) is 0 Å². The van der Waals surface area contributed by atoms with E-state index in [-0.39, 0.29) is 35.5 Å². The van der Waals surface area contributed by atoms with Crippen LogP contribution in [0.5, 0.6) is 5.75 Å². The van der Waals surface area contributed by atoms with E-state index in [2.05, 4.69) is 16.0 Å². The molecule has 3 rings (SSSR count). The second-order valence-electron chi connectivity index (χ2n) is 10.2. The number of Topliss-reactive ketones (excluding diaryl/α,β-unsaturated/α-hetero) is 2. The van der Waals surface area contributed by atoms with E-state index >= 15 is 0 Å². The van der Waals surface area contributed by atoms with Crippen LogP contribution in [-0.4, -0.2) is 54.7 Å². The molecule has 2 aliphatic rings. The van der Waals surface area contributed by atoms with Gasteiger partial charge in [-0.25, -0.2) is 0 Å². The summed E-state index contributed by atoms with van der Waals surface area (Å²) in [5.74, 6) is 0.216. The fraction of sp³-hybridized carbons (Fsp3) is 0.517. The largest absolute Gasteiger partial charge is 0.494 e. The molecule has 0 radical (unpaired) electrons. The van der Waals surface area contributed by atoms with Crippen LogP contribution in [0.2, 0.25) is 0 Å². The molecule has 2 unspecified atom stereocenters. The average molecular weight is 510 g/mol. The third-order valence-electron chi connectivity index (χ3n) is 6.95. The third kappa shape index (κ3) is 7.38. The maximum absolute atomic E-state index is 12.8. The molecule has 1 saturated heterocycles. The number of nitrogens with one attached hydrogen (secondary N) is 3. The van der Waals surface area contributed by atoms with Crippen LogP contribution in [0.3, 0.4) is 0 Å². The van der Waals surface area contributed by atoms with Crippen LogP contribution in [0.1, 0.15) is 65.9 Å². The van der Waals surface area contributed by atoms with Gasteiger partial charge in [0.1, 0.15) is 11.8 Å². The molecule has 0 spiro atoms. The summed E-state index contributed by atoms with van der Waals surface area (Å²) < 4.78 is 5.85. The average Bonchev–Trinajstić information content (AvgIpc) is 3.41. The quantitative estimate of drug-likeness (QED) is 0.312. The molecule has 0 aromatic heterocycles. The fourth-order valence-electron chi connectivity index (χ4n) is 4.63. The number of ketones is 2. The lowest BCUT2D eigenvalue weighted by molar-refractivity contribution is -0.130. The Bertz CT molecular complexity index is 1100. The number of ether oxygens (including phenoxy) is 1. The highest BCUT2D eigenvalue weighted by molar-refractivity contribution is 6.24. The second-order valence-corrected chi connectivity index (χ2v) is 10.2. The Kier molecular flexibility index (Phi) is 9.80. The van der Waals surface area contributed by atoms with Gasteiger partial charge < -0.3 is 20.7 Å². The van der Waals surface area contributed by atoms with Crippen LogP contribution >= 0.6 is 0 Å². The first kappa shape index (κ1) is 28.3. The Morgan fingerprint density at radius 2 is 1.68 bits per heavy atom. The summed E-state index contributed by atoms with van der Waals surface area (Å²) >= 11 is 0. The van der Waals surface area contributed by atoms with Crippen LogP contribution in [0.4, 0.5) is 0 Å². The maximum atomic E-state index is 12.8. The van der Waals surface area contributed by atoms with E-state index in [9.17, 15) is 19.2 Å². The van der Waals surface area contributed by atoms with Gasteiger partial charge in [-0.2, -0.15) is 0 Å². The molecule has 37 heavy (non-hydrogen) atoms. The maximum Gasteiger partial charge on any atom is 0.243 e. The minimum Gasteiger partial charge on any atom is -0.494 e. The molecule has 1 aromatic rings. The Labute approximate surface area is 219 Å². The monoisotopic (exact) mass is 509 g/mol. The third-order valence-corrected chi connectivity index (χ3v) is 6.95. The first-order valence-electron chi connectivity index (χ1n) is 13.1. The molecule has 2 amide bonds. The fourth-order valence-corrected chi connectivity index (χ4v) is 4.63. The van der Waals surface area contributed by atoms with Gasteiger partial charge in [0.05, 0.1) is 12.6 Å². The number of rotatable bonds is 11.